The predicted octanol–water partition coefficient (Wildman–Crippen LogP) is 1.93. The lowest BCUT2D eigenvalue weighted by molar-refractivity contribution is 0.452. The molecule has 0 aromatic carbocycles. The van der Waals surface area contributed by atoms with E-state index in [1.807, 2.05) is 35.8 Å². The number of nitrogens with one attached hydrogen (secondary N) is 1. The van der Waals surface area contributed by atoms with Crippen LogP contribution in [0.3, 0.4) is 0 Å². The van der Waals surface area contributed by atoms with E-state index in [2.05, 4.69) is 15.4 Å². The fourth-order valence-corrected chi connectivity index (χ4v) is 3.83. The second-order valence-corrected chi connectivity index (χ2v) is 5.97. The van der Waals surface area contributed by atoms with Crippen LogP contribution in [0.2, 0.25) is 0 Å². The van der Waals surface area contributed by atoms with E-state index >= 15 is 0 Å². The summed E-state index contributed by atoms with van der Waals surface area (Å²) in [6.45, 7) is 0.687. The van der Waals surface area contributed by atoms with Crippen molar-refractivity contribution in [2.75, 3.05) is 5.75 Å². The second-order valence-electron chi connectivity index (χ2n) is 5.00. The summed E-state index contributed by atoms with van der Waals surface area (Å²) in [5, 5.41) is 9.06. The lowest BCUT2D eigenvalue weighted by Gasteiger charge is -2.21. The summed E-state index contributed by atoms with van der Waals surface area (Å²) in [4.78, 5) is 4.62. The summed E-state index contributed by atoms with van der Waals surface area (Å²) in [5.41, 5.74) is 1.41. The molecule has 1 aromatic rings. The molecule has 4 nitrogen and oxygen atoms in total. The average molecular weight is 250 g/mol. The summed E-state index contributed by atoms with van der Waals surface area (Å²) >= 11 is 1.87. The van der Waals surface area contributed by atoms with E-state index in [1.54, 1.807) is 0 Å². The summed E-state index contributed by atoms with van der Waals surface area (Å²) in [7, 11) is 1.94. The molecular weight excluding hydrogens is 232 g/mol. The van der Waals surface area contributed by atoms with Gasteiger partial charge in [-0.15, -0.1) is 0 Å². The summed E-state index contributed by atoms with van der Waals surface area (Å²) in [6, 6.07) is 2.02. The van der Waals surface area contributed by atoms with Gasteiger partial charge in [-0.25, -0.2) is 0 Å². The van der Waals surface area contributed by atoms with Crippen molar-refractivity contribution in [1.29, 1.82) is 0 Å². The van der Waals surface area contributed by atoms with Crippen molar-refractivity contribution in [3.8, 4) is 0 Å². The van der Waals surface area contributed by atoms with Gasteiger partial charge in [0.15, 0.2) is 5.17 Å². The van der Waals surface area contributed by atoms with Crippen LogP contribution in [0.4, 0.5) is 0 Å². The van der Waals surface area contributed by atoms with Gasteiger partial charge in [0, 0.05) is 24.5 Å². The van der Waals surface area contributed by atoms with Crippen LogP contribution in [0.15, 0.2) is 17.3 Å². The van der Waals surface area contributed by atoms with Gasteiger partial charge in [0.05, 0.1) is 12.2 Å². The Kier molecular flexibility index (Phi) is 2.86. The number of thioether (sulfide) groups is 1. The van der Waals surface area contributed by atoms with Gasteiger partial charge in [-0.3, -0.25) is 9.67 Å². The van der Waals surface area contributed by atoms with Crippen molar-refractivity contribution in [2.24, 2.45) is 12.0 Å². The van der Waals surface area contributed by atoms with Crippen LogP contribution in [0.5, 0.6) is 0 Å². The van der Waals surface area contributed by atoms with Crippen LogP contribution in [0.25, 0.3) is 0 Å². The lowest BCUT2D eigenvalue weighted by Crippen LogP contribution is -2.40. The molecule has 1 saturated carbocycles. The Hall–Kier alpha value is -0.970. The first kappa shape index (κ1) is 11.1. The molecule has 2 fully saturated rings. The quantitative estimate of drug-likeness (QED) is 0.872. The highest BCUT2D eigenvalue weighted by molar-refractivity contribution is 8.14. The van der Waals surface area contributed by atoms with Crippen molar-refractivity contribution in [3.05, 3.63) is 18.0 Å². The zero-order valence-electron chi connectivity index (χ0n) is 10.1. The van der Waals surface area contributed by atoms with Crippen molar-refractivity contribution in [3.63, 3.8) is 0 Å². The molecule has 5 heteroatoms. The molecular formula is C12H18N4S. The van der Waals surface area contributed by atoms with Gasteiger partial charge < -0.3 is 5.32 Å². The Bertz CT molecular complexity index is 431. The third-order valence-corrected chi connectivity index (χ3v) is 4.77. The number of aliphatic imine (C=N–C) groups is 1. The van der Waals surface area contributed by atoms with Crippen LogP contribution in [0.1, 0.15) is 31.4 Å². The van der Waals surface area contributed by atoms with E-state index in [9.17, 15) is 0 Å². The van der Waals surface area contributed by atoms with Crippen LogP contribution >= 0.6 is 11.8 Å². The van der Waals surface area contributed by atoms with Gasteiger partial charge in [-0.2, -0.15) is 5.10 Å². The van der Waals surface area contributed by atoms with E-state index in [0.29, 0.717) is 12.1 Å². The third-order valence-electron chi connectivity index (χ3n) is 3.57. The van der Waals surface area contributed by atoms with Gasteiger partial charge >= 0.3 is 0 Å². The van der Waals surface area contributed by atoms with Crippen LogP contribution in [-0.2, 0) is 13.6 Å². The standard InChI is InChI=1S/C12H18N4S/c1-16-7-4-10(15-16)8-13-11-14-12(9-17-11)5-2-3-6-12/h4,7H,2-3,5-6,8-9H2,1H3,(H,13,14). The smallest absolute Gasteiger partial charge is 0.157 e. The Labute approximate surface area is 106 Å². The first-order valence-electron chi connectivity index (χ1n) is 6.20. The summed E-state index contributed by atoms with van der Waals surface area (Å²) in [5.74, 6) is 1.19. The number of hydrogen-bond donors (Lipinski definition) is 1. The minimum atomic E-state index is 0.369. The molecule has 0 amide bonds. The van der Waals surface area contributed by atoms with Crippen LogP contribution in [0, 0.1) is 0 Å². The largest absolute Gasteiger partial charge is 0.359 e. The fourth-order valence-electron chi connectivity index (χ4n) is 2.61. The fraction of sp³-hybridized carbons (Fsp3) is 0.667. The van der Waals surface area contributed by atoms with E-state index in [0.717, 1.165) is 10.9 Å². The van der Waals surface area contributed by atoms with Crippen molar-refractivity contribution < 1.29 is 0 Å². The minimum absolute atomic E-state index is 0.369. The van der Waals surface area contributed by atoms with E-state index in [1.165, 1.54) is 31.4 Å². The second kappa shape index (κ2) is 4.37. The van der Waals surface area contributed by atoms with Crippen molar-refractivity contribution in [1.82, 2.24) is 15.1 Å². The number of amidine groups is 1. The maximum atomic E-state index is 4.62. The Balaban J connectivity index is 1.62. The maximum Gasteiger partial charge on any atom is 0.157 e. The molecule has 3 rings (SSSR count). The highest BCUT2D eigenvalue weighted by Crippen LogP contribution is 2.37. The molecule has 0 atom stereocenters. The Morgan fingerprint density at radius 1 is 1.53 bits per heavy atom. The number of hydrogen-bond acceptors (Lipinski definition) is 3. The van der Waals surface area contributed by atoms with Crippen LogP contribution in [-0.4, -0.2) is 26.2 Å². The molecule has 1 aliphatic heterocycles. The Morgan fingerprint density at radius 2 is 2.35 bits per heavy atom. The van der Waals surface area contributed by atoms with Crippen LogP contribution < -0.4 is 5.32 Å². The van der Waals surface area contributed by atoms with E-state index < -0.39 is 0 Å². The van der Waals surface area contributed by atoms with Gasteiger partial charge in [0.2, 0.25) is 0 Å². The van der Waals surface area contributed by atoms with E-state index in [4.69, 9.17) is 0 Å². The minimum Gasteiger partial charge on any atom is -0.359 e. The molecule has 2 heterocycles. The first-order valence-corrected chi connectivity index (χ1v) is 7.18. The number of nitrogens with zero attached hydrogens (tertiary/aromatic N) is 3. The van der Waals surface area contributed by atoms with E-state index in [-0.39, 0.29) is 0 Å². The predicted molar refractivity (Wildman–Crippen MR) is 71.1 cm³/mol. The Morgan fingerprint density at radius 3 is 3.06 bits per heavy atom. The highest BCUT2D eigenvalue weighted by atomic mass is 32.2. The molecule has 92 valence electrons. The van der Waals surface area contributed by atoms with Gasteiger partial charge in [-0.1, -0.05) is 24.6 Å². The molecule has 17 heavy (non-hydrogen) atoms. The zero-order chi connectivity index (χ0) is 11.7. The SMILES string of the molecule is Cn1ccc(CN=C2NC3(CCCC3)CS2)n1. The molecule has 1 aliphatic carbocycles. The van der Waals surface area contributed by atoms with Crippen molar-refractivity contribution >= 4 is 16.9 Å². The number of aromatic nitrogens is 2. The molecule has 2 aliphatic rings. The van der Waals surface area contributed by atoms with Crippen molar-refractivity contribution in [2.45, 2.75) is 37.8 Å². The number of aryl methyl sites for hydroxylation is 1. The van der Waals surface area contributed by atoms with Gasteiger partial charge in [0.1, 0.15) is 0 Å². The topological polar surface area (TPSA) is 42.2 Å². The van der Waals surface area contributed by atoms with Gasteiger partial charge in [0.25, 0.3) is 0 Å². The van der Waals surface area contributed by atoms with Gasteiger partial charge in [-0.05, 0) is 18.9 Å². The third kappa shape index (κ3) is 2.34. The summed E-state index contributed by atoms with van der Waals surface area (Å²) in [6.07, 6.45) is 7.30. The normalized spacial score (nSPS) is 24.6. The number of rotatable bonds is 2. The first-order chi connectivity index (χ1) is 8.26. The molecule has 0 bridgehead atoms. The lowest BCUT2D eigenvalue weighted by atomic mass is 10.0. The highest BCUT2D eigenvalue weighted by Gasteiger charge is 2.39. The monoisotopic (exact) mass is 250 g/mol. The molecule has 0 unspecified atom stereocenters. The molecule has 1 N–H and O–H groups in total. The molecule has 0 radical (unpaired) electrons. The maximum absolute atomic E-state index is 4.62. The average Bonchev–Trinajstić information content (AvgIpc) is 3.01. The summed E-state index contributed by atoms with van der Waals surface area (Å²) < 4.78 is 1.82. The zero-order valence-corrected chi connectivity index (χ0v) is 11.0. The molecule has 1 saturated heterocycles. The molecule has 1 aromatic heterocycles. The molecule has 1 spiro atoms.